The second-order valence-corrected chi connectivity index (χ2v) is 5.37. The molecule has 21 heavy (non-hydrogen) atoms. The van der Waals surface area contributed by atoms with Crippen molar-refractivity contribution in [3.05, 3.63) is 46.8 Å². The van der Waals surface area contributed by atoms with Crippen LogP contribution in [0.5, 0.6) is 0 Å². The van der Waals surface area contributed by atoms with Crippen LogP contribution in [0.4, 0.5) is 17.6 Å². The molecule has 1 aliphatic rings. The summed E-state index contributed by atoms with van der Waals surface area (Å²) in [6, 6.07) is 2.69. The summed E-state index contributed by atoms with van der Waals surface area (Å²) >= 11 is 0. The van der Waals surface area contributed by atoms with Crippen LogP contribution in [0.3, 0.4) is 0 Å². The largest absolute Gasteiger partial charge is 0.419 e. The molecule has 1 atom stereocenters. The molecule has 0 fully saturated rings. The molecule has 0 heterocycles. The average Bonchev–Trinajstić information content (AvgIpc) is 2.36. The first-order chi connectivity index (χ1) is 9.89. The second kappa shape index (κ2) is 6.60. The van der Waals surface area contributed by atoms with E-state index in [-0.39, 0.29) is 5.56 Å². The van der Waals surface area contributed by atoms with Crippen LogP contribution >= 0.6 is 0 Å². The highest BCUT2D eigenvalue weighted by Crippen LogP contribution is 2.35. The van der Waals surface area contributed by atoms with Gasteiger partial charge in [0.25, 0.3) is 0 Å². The summed E-state index contributed by atoms with van der Waals surface area (Å²) in [5.41, 5.74) is -0.504. The quantitative estimate of drug-likeness (QED) is 0.591. The number of rotatable bonds is 2. The summed E-state index contributed by atoms with van der Waals surface area (Å²) < 4.78 is 51.4. The summed E-state index contributed by atoms with van der Waals surface area (Å²) in [6.07, 6.45) is 1.67. The van der Waals surface area contributed by atoms with Gasteiger partial charge in [-0.3, -0.25) is 0 Å². The van der Waals surface area contributed by atoms with Crippen LogP contribution in [0.15, 0.2) is 29.8 Å². The molecular formula is C16H18F4O. The standard InChI is InChI=1S/C16H18F4O/c17-14-9-8-12(10-13(14)16(18,19)20)15(21)11-6-4-2-1-3-5-7-11/h6,8-10,15,21H,1-5,7H2/b11-6+. The normalized spacial score (nSPS) is 21.1. The minimum absolute atomic E-state index is 0.0931. The number of hydrogen-bond donors (Lipinski definition) is 1. The van der Waals surface area contributed by atoms with Gasteiger partial charge >= 0.3 is 6.18 Å². The number of benzene rings is 1. The lowest BCUT2D eigenvalue weighted by molar-refractivity contribution is -0.140. The number of allylic oxidation sites excluding steroid dienone is 1. The van der Waals surface area contributed by atoms with Crippen LogP contribution in [0.1, 0.15) is 55.8 Å². The zero-order chi connectivity index (χ0) is 15.5. The fourth-order valence-electron chi connectivity index (χ4n) is 2.61. The van der Waals surface area contributed by atoms with Gasteiger partial charge < -0.3 is 5.11 Å². The summed E-state index contributed by atoms with van der Waals surface area (Å²) in [5, 5.41) is 10.3. The summed E-state index contributed by atoms with van der Waals surface area (Å²) in [4.78, 5) is 0. The van der Waals surface area contributed by atoms with E-state index in [1.807, 2.05) is 6.08 Å². The number of halogens is 4. The minimum Gasteiger partial charge on any atom is -0.384 e. The number of hydrogen-bond acceptors (Lipinski definition) is 1. The Morgan fingerprint density at radius 3 is 2.48 bits per heavy atom. The van der Waals surface area contributed by atoms with Crippen LogP contribution in [-0.4, -0.2) is 5.11 Å². The maximum absolute atomic E-state index is 13.3. The van der Waals surface area contributed by atoms with Crippen LogP contribution in [0.2, 0.25) is 0 Å². The van der Waals surface area contributed by atoms with Crippen LogP contribution < -0.4 is 0 Å². The van der Waals surface area contributed by atoms with Crippen molar-refractivity contribution in [3.63, 3.8) is 0 Å². The molecule has 116 valence electrons. The van der Waals surface area contributed by atoms with Crippen molar-refractivity contribution in [1.82, 2.24) is 0 Å². The fourth-order valence-corrected chi connectivity index (χ4v) is 2.61. The zero-order valence-electron chi connectivity index (χ0n) is 11.6. The summed E-state index contributed by atoms with van der Waals surface area (Å²) in [7, 11) is 0. The Bertz CT molecular complexity index is 519. The molecule has 0 bridgehead atoms. The van der Waals surface area contributed by atoms with Gasteiger partial charge in [0.05, 0.1) is 5.56 Å². The molecule has 0 aromatic heterocycles. The lowest BCUT2D eigenvalue weighted by atomic mass is 9.92. The Labute approximate surface area is 121 Å². The van der Waals surface area contributed by atoms with Gasteiger partial charge in [-0.05, 0) is 49.0 Å². The Morgan fingerprint density at radius 2 is 1.76 bits per heavy atom. The van der Waals surface area contributed by atoms with E-state index in [9.17, 15) is 22.7 Å². The van der Waals surface area contributed by atoms with E-state index < -0.39 is 23.7 Å². The zero-order valence-corrected chi connectivity index (χ0v) is 11.6. The van der Waals surface area contributed by atoms with Crippen molar-refractivity contribution in [1.29, 1.82) is 0 Å². The van der Waals surface area contributed by atoms with E-state index >= 15 is 0 Å². The van der Waals surface area contributed by atoms with E-state index in [2.05, 4.69) is 0 Å². The van der Waals surface area contributed by atoms with E-state index in [0.717, 1.165) is 43.7 Å². The predicted molar refractivity (Wildman–Crippen MR) is 72.1 cm³/mol. The minimum atomic E-state index is -4.75. The Kier molecular flexibility index (Phi) is 5.04. The molecule has 1 N–H and O–H groups in total. The fraction of sp³-hybridized carbons (Fsp3) is 0.500. The van der Waals surface area contributed by atoms with E-state index in [1.165, 1.54) is 6.07 Å². The first-order valence-electron chi connectivity index (χ1n) is 7.13. The number of aliphatic hydroxyl groups excluding tert-OH is 1. The van der Waals surface area contributed by atoms with Gasteiger partial charge in [0, 0.05) is 0 Å². The van der Waals surface area contributed by atoms with Crippen molar-refractivity contribution in [2.45, 2.75) is 50.8 Å². The van der Waals surface area contributed by atoms with Gasteiger partial charge in [-0.1, -0.05) is 25.0 Å². The molecule has 0 saturated carbocycles. The van der Waals surface area contributed by atoms with Crippen molar-refractivity contribution in [2.75, 3.05) is 0 Å². The van der Waals surface area contributed by atoms with Gasteiger partial charge in [-0.2, -0.15) is 13.2 Å². The molecular weight excluding hydrogens is 284 g/mol. The maximum Gasteiger partial charge on any atom is 0.419 e. The van der Waals surface area contributed by atoms with Crippen molar-refractivity contribution in [2.24, 2.45) is 0 Å². The highest BCUT2D eigenvalue weighted by molar-refractivity contribution is 5.32. The van der Waals surface area contributed by atoms with E-state index in [4.69, 9.17) is 0 Å². The van der Waals surface area contributed by atoms with Gasteiger partial charge in [0.15, 0.2) is 0 Å². The molecule has 2 rings (SSSR count). The third-order valence-electron chi connectivity index (χ3n) is 3.79. The van der Waals surface area contributed by atoms with Crippen LogP contribution in [0, 0.1) is 5.82 Å². The molecule has 0 radical (unpaired) electrons. The predicted octanol–water partition coefficient (Wildman–Crippen LogP) is 5.16. The molecule has 5 heteroatoms. The first-order valence-corrected chi connectivity index (χ1v) is 7.13. The Morgan fingerprint density at radius 1 is 1.05 bits per heavy atom. The first kappa shape index (κ1) is 16.0. The number of aliphatic hydroxyl groups is 1. The summed E-state index contributed by atoms with van der Waals surface area (Å²) in [5.74, 6) is -1.31. The number of alkyl halides is 3. The highest BCUT2D eigenvalue weighted by atomic mass is 19.4. The lowest BCUT2D eigenvalue weighted by Gasteiger charge is -2.19. The van der Waals surface area contributed by atoms with Crippen molar-refractivity contribution >= 4 is 0 Å². The van der Waals surface area contributed by atoms with E-state index in [1.54, 1.807) is 0 Å². The lowest BCUT2D eigenvalue weighted by Crippen LogP contribution is -2.11. The van der Waals surface area contributed by atoms with Crippen molar-refractivity contribution < 1.29 is 22.7 Å². The molecule has 1 aromatic rings. The second-order valence-electron chi connectivity index (χ2n) is 5.37. The SMILES string of the molecule is OC(/C1=C/CCCCCC1)c1ccc(F)c(C(F)(F)F)c1. The smallest absolute Gasteiger partial charge is 0.384 e. The van der Waals surface area contributed by atoms with Gasteiger partial charge in [-0.25, -0.2) is 4.39 Å². The van der Waals surface area contributed by atoms with E-state index in [0.29, 0.717) is 12.5 Å². The Balaban J connectivity index is 2.28. The molecule has 1 aromatic carbocycles. The molecule has 0 aliphatic heterocycles. The van der Waals surface area contributed by atoms with Gasteiger partial charge in [-0.15, -0.1) is 0 Å². The molecule has 0 spiro atoms. The third kappa shape index (κ3) is 4.06. The average molecular weight is 302 g/mol. The summed E-state index contributed by atoms with van der Waals surface area (Å²) in [6.45, 7) is 0. The highest BCUT2D eigenvalue weighted by Gasteiger charge is 2.34. The van der Waals surface area contributed by atoms with Crippen LogP contribution in [0.25, 0.3) is 0 Å². The Hall–Kier alpha value is -1.36. The molecule has 1 unspecified atom stereocenters. The molecule has 0 saturated heterocycles. The molecule has 0 amide bonds. The monoisotopic (exact) mass is 302 g/mol. The van der Waals surface area contributed by atoms with Crippen LogP contribution in [-0.2, 0) is 6.18 Å². The molecule has 1 nitrogen and oxygen atoms in total. The van der Waals surface area contributed by atoms with Gasteiger partial charge in [0.1, 0.15) is 11.9 Å². The van der Waals surface area contributed by atoms with Crippen molar-refractivity contribution in [3.8, 4) is 0 Å². The topological polar surface area (TPSA) is 20.2 Å². The maximum atomic E-state index is 13.3. The van der Waals surface area contributed by atoms with Gasteiger partial charge in [0.2, 0.25) is 0 Å². The molecule has 1 aliphatic carbocycles. The third-order valence-corrected chi connectivity index (χ3v) is 3.79.